The summed E-state index contributed by atoms with van der Waals surface area (Å²) in [5.41, 5.74) is 0.778. The van der Waals surface area contributed by atoms with Crippen LogP contribution in [0.1, 0.15) is 47.8 Å². The van der Waals surface area contributed by atoms with Crippen LogP contribution in [0, 0.1) is 11.3 Å². The van der Waals surface area contributed by atoms with Crippen molar-refractivity contribution in [2.75, 3.05) is 19.0 Å². The second-order valence-corrected chi connectivity index (χ2v) is 9.21. The molecule has 2 N–H and O–H groups in total. The molecule has 0 unspecified atom stereocenters. The highest BCUT2D eigenvalue weighted by molar-refractivity contribution is 7.16. The molecule has 4 rings (SSSR count). The van der Waals surface area contributed by atoms with Crippen molar-refractivity contribution in [2.45, 2.75) is 44.6 Å². The number of nitrogens with zero attached hydrogens (tertiary/aromatic N) is 2. The summed E-state index contributed by atoms with van der Waals surface area (Å²) < 4.78 is 5.22. The number of hydrogen-bond acceptors (Lipinski definition) is 6. The van der Waals surface area contributed by atoms with E-state index in [2.05, 4.69) is 16.7 Å². The number of fused-ring (bicyclic) bond motifs is 1. The molecule has 2 aromatic rings. The monoisotopic (exact) mass is 452 g/mol. The Kier molecular flexibility index (Phi) is 5.89. The van der Waals surface area contributed by atoms with E-state index in [1.165, 1.54) is 18.4 Å². The summed E-state index contributed by atoms with van der Waals surface area (Å²) in [6, 6.07) is 8.46. The quantitative estimate of drug-likeness (QED) is 0.534. The lowest BCUT2D eigenvalue weighted by Gasteiger charge is -2.22. The standard InChI is InChI=1S/C23H24N4O4S/c1-23(14-7-6-8-15(11-14)31-2)21(29)27(22(30)26-23)13-19(28)25-20-17(12-24)16-9-4-3-5-10-18(16)32-20/h6-8,11H,3-5,9-10,13H2,1-2H3,(H,25,28)(H,26,30)/t23-/m0/s1. The summed E-state index contributed by atoms with van der Waals surface area (Å²) in [7, 11) is 1.52. The smallest absolute Gasteiger partial charge is 0.325 e. The molecule has 8 nitrogen and oxygen atoms in total. The fourth-order valence-electron chi connectivity index (χ4n) is 4.23. The molecule has 1 atom stereocenters. The molecule has 1 fully saturated rings. The Hall–Kier alpha value is -3.38. The third-order valence-electron chi connectivity index (χ3n) is 6.01. The second kappa shape index (κ2) is 8.63. The number of urea groups is 1. The molecule has 166 valence electrons. The predicted octanol–water partition coefficient (Wildman–Crippen LogP) is 3.30. The van der Waals surface area contributed by atoms with Gasteiger partial charge in [0.1, 0.15) is 28.9 Å². The molecule has 1 aromatic carbocycles. The summed E-state index contributed by atoms with van der Waals surface area (Å²) in [5, 5.41) is 15.6. The number of aryl methyl sites for hydroxylation is 1. The van der Waals surface area contributed by atoms with Gasteiger partial charge in [0.25, 0.3) is 5.91 Å². The molecule has 1 aliphatic carbocycles. The van der Waals surface area contributed by atoms with Gasteiger partial charge in [0.15, 0.2) is 0 Å². The highest BCUT2D eigenvalue weighted by atomic mass is 32.1. The Morgan fingerprint density at radius 3 is 2.84 bits per heavy atom. The van der Waals surface area contributed by atoms with Gasteiger partial charge in [0.05, 0.1) is 12.7 Å². The maximum Gasteiger partial charge on any atom is 0.325 e. The first kappa shape index (κ1) is 21.8. The Morgan fingerprint density at radius 1 is 1.31 bits per heavy atom. The number of methoxy groups -OCH3 is 1. The number of amides is 4. The first-order valence-electron chi connectivity index (χ1n) is 10.5. The summed E-state index contributed by atoms with van der Waals surface area (Å²) in [5.74, 6) is -0.479. The largest absolute Gasteiger partial charge is 0.497 e. The normalized spacial score (nSPS) is 20.2. The molecule has 0 spiro atoms. The molecule has 0 bridgehead atoms. The van der Waals surface area contributed by atoms with Gasteiger partial charge in [-0.05, 0) is 55.9 Å². The highest BCUT2D eigenvalue weighted by Gasteiger charge is 2.49. The Morgan fingerprint density at radius 2 is 2.09 bits per heavy atom. The fraction of sp³-hybridized carbons (Fsp3) is 0.391. The molecule has 2 heterocycles. The minimum Gasteiger partial charge on any atom is -0.497 e. The van der Waals surface area contributed by atoms with Crippen molar-refractivity contribution in [3.63, 3.8) is 0 Å². The van der Waals surface area contributed by atoms with Crippen molar-refractivity contribution in [2.24, 2.45) is 0 Å². The van der Waals surface area contributed by atoms with Crippen LogP contribution in [-0.4, -0.2) is 36.4 Å². The van der Waals surface area contributed by atoms with Crippen LogP contribution in [0.4, 0.5) is 9.80 Å². The van der Waals surface area contributed by atoms with E-state index in [4.69, 9.17) is 4.74 Å². The summed E-state index contributed by atoms with van der Waals surface area (Å²) >= 11 is 1.42. The number of hydrogen-bond donors (Lipinski definition) is 2. The Balaban J connectivity index is 1.51. The average molecular weight is 453 g/mol. The average Bonchev–Trinajstić information content (AvgIpc) is 3.09. The van der Waals surface area contributed by atoms with Crippen LogP contribution >= 0.6 is 11.3 Å². The topological polar surface area (TPSA) is 112 Å². The molecule has 9 heteroatoms. The molecule has 0 radical (unpaired) electrons. The molecule has 0 saturated carbocycles. The number of benzene rings is 1. The van der Waals surface area contributed by atoms with E-state index in [1.54, 1.807) is 31.2 Å². The first-order chi connectivity index (χ1) is 15.4. The zero-order valence-electron chi connectivity index (χ0n) is 18.0. The number of nitriles is 1. The van der Waals surface area contributed by atoms with E-state index < -0.39 is 29.9 Å². The number of carbonyl (C=O) groups excluding carboxylic acids is 3. The van der Waals surface area contributed by atoms with Crippen LogP contribution in [0.15, 0.2) is 24.3 Å². The Bertz CT molecular complexity index is 1140. The summed E-state index contributed by atoms with van der Waals surface area (Å²) in [6.45, 7) is 1.17. The SMILES string of the molecule is COc1cccc([C@]2(C)NC(=O)N(CC(=O)Nc3sc4c(c3C#N)CCCCC4)C2=O)c1. The molecule has 1 aromatic heterocycles. The molecule has 1 saturated heterocycles. The molecular formula is C23H24N4O4S. The lowest BCUT2D eigenvalue weighted by Crippen LogP contribution is -2.42. The highest BCUT2D eigenvalue weighted by Crippen LogP contribution is 2.37. The van der Waals surface area contributed by atoms with Gasteiger partial charge < -0.3 is 15.4 Å². The van der Waals surface area contributed by atoms with Gasteiger partial charge in [0, 0.05) is 4.88 Å². The lowest BCUT2D eigenvalue weighted by molar-refractivity contribution is -0.133. The molecule has 4 amide bonds. The molecule has 32 heavy (non-hydrogen) atoms. The minimum absolute atomic E-state index is 0.433. The van der Waals surface area contributed by atoms with Crippen molar-refractivity contribution >= 4 is 34.2 Å². The van der Waals surface area contributed by atoms with E-state index in [0.717, 1.165) is 47.4 Å². The van der Waals surface area contributed by atoms with Crippen molar-refractivity contribution in [3.05, 3.63) is 45.8 Å². The van der Waals surface area contributed by atoms with Gasteiger partial charge >= 0.3 is 6.03 Å². The van der Waals surface area contributed by atoms with Gasteiger partial charge in [-0.1, -0.05) is 18.6 Å². The maximum atomic E-state index is 13.1. The van der Waals surface area contributed by atoms with Crippen molar-refractivity contribution in [1.82, 2.24) is 10.2 Å². The fourth-order valence-corrected chi connectivity index (χ4v) is 5.48. The van der Waals surface area contributed by atoms with Crippen molar-refractivity contribution in [1.29, 1.82) is 5.26 Å². The number of ether oxygens (including phenoxy) is 1. The van der Waals surface area contributed by atoms with Gasteiger partial charge in [-0.2, -0.15) is 5.26 Å². The number of rotatable bonds is 5. The van der Waals surface area contributed by atoms with Gasteiger partial charge in [-0.3, -0.25) is 14.5 Å². The van der Waals surface area contributed by atoms with Crippen LogP contribution in [0.5, 0.6) is 5.75 Å². The van der Waals surface area contributed by atoms with Gasteiger partial charge in [0.2, 0.25) is 5.91 Å². The van der Waals surface area contributed by atoms with Crippen LogP contribution in [0.2, 0.25) is 0 Å². The van der Waals surface area contributed by atoms with E-state index in [0.29, 0.717) is 21.9 Å². The first-order valence-corrected chi connectivity index (χ1v) is 11.3. The van der Waals surface area contributed by atoms with Crippen LogP contribution in [0.3, 0.4) is 0 Å². The minimum atomic E-state index is -1.30. The third kappa shape index (κ3) is 3.82. The number of thiophene rings is 1. The zero-order chi connectivity index (χ0) is 22.9. The number of carbonyl (C=O) groups is 3. The molecular weight excluding hydrogens is 428 g/mol. The third-order valence-corrected chi connectivity index (χ3v) is 7.22. The molecule has 1 aliphatic heterocycles. The maximum absolute atomic E-state index is 13.1. The van der Waals surface area contributed by atoms with Gasteiger partial charge in [-0.15, -0.1) is 11.3 Å². The van der Waals surface area contributed by atoms with Crippen LogP contribution < -0.4 is 15.4 Å². The van der Waals surface area contributed by atoms with Crippen LogP contribution in [0.25, 0.3) is 0 Å². The van der Waals surface area contributed by atoms with Crippen molar-refractivity contribution in [3.8, 4) is 11.8 Å². The van der Waals surface area contributed by atoms with E-state index in [9.17, 15) is 19.6 Å². The lowest BCUT2D eigenvalue weighted by atomic mass is 9.92. The number of imide groups is 1. The summed E-state index contributed by atoms with van der Waals surface area (Å²) in [6.07, 6.45) is 4.95. The van der Waals surface area contributed by atoms with E-state index in [1.807, 2.05) is 0 Å². The zero-order valence-corrected chi connectivity index (χ0v) is 18.8. The summed E-state index contributed by atoms with van der Waals surface area (Å²) in [4.78, 5) is 40.5. The molecule has 2 aliphatic rings. The van der Waals surface area contributed by atoms with Crippen molar-refractivity contribution < 1.29 is 19.1 Å². The number of anilines is 1. The predicted molar refractivity (Wildman–Crippen MR) is 120 cm³/mol. The van der Waals surface area contributed by atoms with Gasteiger partial charge in [-0.25, -0.2) is 4.79 Å². The second-order valence-electron chi connectivity index (χ2n) is 8.11. The van der Waals surface area contributed by atoms with E-state index >= 15 is 0 Å². The van der Waals surface area contributed by atoms with Crippen LogP contribution in [-0.2, 0) is 28.0 Å². The van der Waals surface area contributed by atoms with E-state index in [-0.39, 0.29) is 0 Å². The Labute approximate surface area is 190 Å². The number of nitrogens with one attached hydrogen (secondary N) is 2.